The summed E-state index contributed by atoms with van der Waals surface area (Å²) in [7, 11) is 0.457. The van der Waals surface area contributed by atoms with Crippen molar-refractivity contribution >= 4 is 134 Å². The molecule has 14 bridgehead atoms. The minimum absolute atomic E-state index is 0.00595. The first kappa shape index (κ1) is 123. The summed E-state index contributed by atoms with van der Waals surface area (Å²) in [6, 6.07) is -3.51. The quantitative estimate of drug-likeness (QED) is 0.0272. The van der Waals surface area contributed by atoms with E-state index in [9.17, 15) is 95.9 Å². The van der Waals surface area contributed by atoms with Gasteiger partial charge in [0.05, 0.1) is 0 Å². The fraction of sp³-hybridized carbons (Fsp3) is 0.764. The van der Waals surface area contributed by atoms with E-state index in [0.29, 0.717) is 0 Å². The summed E-state index contributed by atoms with van der Waals surface area (Å²) in [5, 5.41) is 5.19. The number of hydrogen-bond acceptors (Lipinski definition) is 58. The van der Waals surface area contributed by atoms with Crippen LogP contribution in [0.4, 0.5) is 4.79 Å². The van der Waals surface area contributed by atoms with Gasteiger partial charge in [-0.2, -0.15) is 0 Å². The lowest BCUT2D eigenvalue weighted by Crippen LogP contribution is -2.72. The number of amides is 2. The summed E-state index contributed by atoms with van der Waals surface area (Å²) in [5.74, 6) is -25.0. The highest BCUT2D eigenvalue weighted by Gasteiger charge is 2.67. The first-order valence-electron chi connectivity index (χ1n) is 46.6. The van der Waals surface area contributed by atoms with Crippen molar-refractivity contribution in [1.29, 1.82) is 0 Å². The monoisotopic (exact) mass is 2180 g/mol. The van der Waals surface area contributed by atoms with E-state index >= 15 is 4.79 Å². The summed E-state index contributed by atoms with van der Waals surface area (Å²) in [4.78, 5) is 291. The third-order valence-corrected chi connectivity index (χ3v) is 25.3. The van der Waals surface area contributed by atoms with Gasteiger partial charge >= 0.3 is 134 Å². The second kappa shape index (κ2) is 57.1. The van der Waals surface area contributed by atoms with Gasteiger partial charge in [-0.3, -0.25) is 95.9 Å². The highest BCUT2D eigenvalue weighted by atomic mass is 28.4. The molecule has 21 rings (SSSR count). The molecule has 2 amide bonds. The molecular weight excluding hydrogens is 2050 g/mol. The van der Waals surface area contributed by atoms with Crippen molar-refractivity contribution in [1.82, 2.24) is 10.6 Å². The molecule has 2 N–H and O–H groups in total. The summed E-state index contributed by atoms with van der Waals surface area (Å²) >= 11 is 0. The van der Waals surface area contributed by atoms with E-state index in [-0.39, 0.29) is 19.0 Å². The maximum absolute atomic E-state index is 15.1. The molecule has 21 saturated heterocycles. The largest absolute Gasteiger partial charge is 0.500 e. The number of carbonyl (C=O) groups excluding carboxylic acids is 21. The molecule has 21 fully saturated rings. The number of nitrogens with one attached hydrogen (secondary N) is 2. The molecule has 0 spiro atoms. The van der Waals surface area contributed by atoms with E-state index in [1.165, 1.54) is 21.3 Å². The maximum atomic E-state index is 15.1. The molecule has 60 nitrogen and oxygen atoms in total. The van der Waals surface area contributed by atoms with Gasteiger partial charge in [0.25, 0.3) is 0 Å². The first-order chi connectivity index (χ1) is 70.5. The number of ether oxygens (including phenoxy) is 34. The van der Waals surface area contributed by atoms with Crippen LogP contribution in [0.15, 0.2) is 0 Å². The molecule has 35 unspecified atom stereocenters. The predicted octanol–water partition coefficient (Wildman–Crippen LogP) is -3.24. The molecule has 0 aromatic carbocycles. The highest BCUT2D eigenvalue weighted by Crippen LogP contribution is 2.45. The molecule has 0 radical (unpaired) electrons. The van der Waals surface area contributed by atoms with E-state index in [2.05, 4.69) is 10.6 Å². The van der Waals surface area contributed by atoms with Crippen LogP contribution in [0.25, 0.3) is 0 Å². The second-order valence-electron chi connectivity index (χ2n) is 34.4. The van der Waals surface area contributed by atoms with Crippen molar-refractivity contribution in [2.75, 3.05) is 74.1 Å². The van der Waals surface area contributed by atoms with Crippen LogP contribution in [0, 0.1) is 0 Å². The van der Waals surface area contributed by atoms with Crippen LogP contribution in [0.2, 0.25) is 6.04 Å². The zero-order valence-electron chi connectivity index (χ0n) is 86.0. The zero-order valence-corrected chi connectivity index (χ0v) is 87.0. The zero-order chi connectivity index (χ0) is 111. The summed E-state index contributed by atoms with van der Waals surface area (Å²) in [6.45, 7) is 8.29. The van der Waals surface area contributed by atoms with E-state index in [1.807, 2.05) is 0 Å². The molecule has 21 aliphatic rings. The Morgan fingerprint density at radius 1 is 0.200 bits per heavy atom. The Hall–Kier alpha value is -11.8. The van der Waals surface area contributed by atoms with Gasteiger partial charge in [0.15, 0.2) is 123 Å². The molecule has 150 heavy (non-hydrogen) atoms. The van der Waals surface area contributed by atoms with Gasteiger partial charge in [-0.25, -0.2) is 4.79 Å². The van der Waals surface area contributed by atoms with Crippen LogP contribution in [-0.4, -0.2) is 423 Å². The average molecular weight is 2180 g/mol. The van der Waals surface area contributed by atoms with Gasteiger partial charge in [-0.1, -0.05) is 0 Å². The molecule has 0 aliphatic carbocycles. The van der Waals surface area contributed by atoms with Crippen molar-refractivity contribution in [2.45, 2.75) is 366 Å². The van der Waals surface area contributed by atoms with Crippen LogP contribution >= 0.6 is 0 Å². The molecule has 0 aromatic rings. The van der Waals surface area contributed by atoms with Gasteiger partial charge in [0.2, 0.25) is 0 Å². The van der Waals surface area contributed by atoms with Gasteiger partial charge in [0, 0.05) is 172 Å². The van der Waals surface area contributed by atoms with Crippen molar-refractivity contribution in [3.05, 3.63) is 0 Å². The molecule has 0 saturated carbocycles. The number of urea groups is 1. The standard InChI is InChI=1S/C89H126N2O58Si/c1-34(92)116-27-54-62-69(123-41(8)99)61(91-89(112)90-25-24-26-150(113-21,114-22)115-23)82(136-54)143-63-55(28-117-35(2)93)137-84(76(130-48(15)106)70(63)124-42(9)100)145-65-57(30-119-37(4)95)139-86(78(132-50(17)108)72(65)126-44(11)102)147-67-59(32-121-39(6)97)141-88(80(134-52(19)110)74(67)128-46(13)104)149-68-60(33-122-40(7)98)142-87(81(135-53(20)111)75(68)129-47(14)105)148-66-58(31-120-38(5)96)140-85(79(133-51(18)109)73(66)127-45(12)103)146-64-56(29-118-36(3)94)138-83(144-62)77(131-49(16)107)71(64)125-43(10)101/h54-88H,24-33H2,1-23H3,(H2,90,91,112). The van der Waals surface area contributed by atoms with Gasteiger partial charge in [-0.15, -0.1) is 0 Å². The third kappa shape index (κ3) is 35.7. The second-order valence-corrected chi connectivity index (χ2v) is 37.5. The van der Waals surface area contributed by atoms with Crippen molar-refractivity contribution in [2.24, 2.45) is 0 Å². The Morgan fingerprint density at radius 2 is 0.353 bits per heavy atom. The fourth-order valence-corrected chi connectivity index (χ4v) is 18.8. The third-order valence-electron chi connectivity index (χ3n) is 22.5. The molecule has 844 valence electrons. The normalized spacial score (nSPS) is 33.2. The first-order valence-corrected chi connectivity index (χ1v) is 48.5. The minimum Gasteiger partial charge on any atom is -0.463 e. The Bertz CT molecular complexity index is 4520. The SMILES string of the molecule is CO[Si](CCCNC(=O)NC1C2OC(COC(C)=O)C(OC3OC(COC(C)=O)C(OC4OC(COC(C)=O)C(OC5OC(COC(C)=O)C(OC6OC(COC(C)=O)C(OC7OC(COC(C)=O)C(OC8OC(COC(C)=O)C(O2)C(OC(C)=O)C8OC(C)=O)C(OC(C)=O)C7OC(C)=O)C(OC(C)=O)C6OC(C)=O)C(OC(C)=O)C5OC(C)=O)C(OC(C)=O)C4OC(C)=O)C(OC(C)=O)C3OC(C)=O)C1OC(C)=O)(OC)OC. The average Bonchev–Trinajstić information content (AvgIpc) is 0.789. The van der Waals surface area contributed by atoms with Crippen molar-refractivity contribution in [3.63, 3.8) is 0 Å². The topological polar surface area (TPSA) is 724 Å². The number of hydrogen-bond donors (Lipinski definition) is 2. The van der Waals surface area contributed by atoms with Crippen LogP contribution in [0.5, 0.6) is 0 Å². The van der Waals surface area contributed by atoms with E-state index in [0.717, 1.165) is 138 Å². The maximum Gasteiger partial charge on any atom is 0.500 e. The summed E-state index contributed by atoms with van der Waals surface area (Å²) in [5.41, 5.74) is 0. The number of esters is 20. The van der Waals surface area contributed by atoms with E-state index in [1.54, 1.807) is 0 Å². The predicted molar refractivity (Wildman–Crippen MR) is 470 cm³/mol. The Kier molecular flexibility index (Phi) is 46.9. The Balaban J connectivity index is 1.54. The summed E-state index contributed by atoms with van der Waals surface area (Å²) in [6.07, 6.45) is -79.7. The lowest BCUT2D eigenvalue weighted by Gasteiger charge is -2.52. The molecular formula is C89H126N2O58Si. The molecule has 21 aliphatic heterocycles. The molecule has 61 heteroatoms. The smallest absolute Gasteiger partial charge is 0.463 e. The van der Waals surface area contributed by atoms with Gasteiger partial charge in [-0.05, 0) is 6.42 Å². The lowest BCUT2D eigenvalue weighted by molar-refractivity contribution is -0.396. The molecule has 0 aromatic heterocycles. The van der Waals surface area contributed by atoms with Crippen molar-refractivity contribution < 1.29 is 275 Å². The Labute approximate surface area is 856 Å². The van der Waals surface area contributed by atoms with E-state index in [4.69, 9.17) is 174 Å². The van der Waals surface area contributed by atoms with Crippen LogP contribution < -0.4 is 10.6 Å². The van der Waals surface area contributed by atoms with Crippen LogP contribution in [0.1, 0.15) is 145 Å². The van der Waals surface area contributed by atoms with Gasteiger partial charge in [0.1, 0.15) is 138 Å². The van der Waals surface area contributed by atoms with Crippen molar-refractivity contribution in [3.8, 4) is 0 Å². The van der Waals surface area contributed by atoms with Gasteiger partial charge < -0.3 is 185 Å². The summed E-state index contributed by atoms with van der Waals surface area (Å²) < 4.78 is 228. The van der Waals surface area contributed by atoms with E-state index < -0.39 is 395 Å². The molecule has 35 atom stereocenters. The number of rotatable bonds is 35. The number of carbonyl (C=O) groups is 21. The van der Waals surface area contributed by atoms with Crippen LogP contribution in [-0.2, 0) is 270 Å². The highest BCUT2D eigenvalue weighted by molar-refractivity contribution is 6.60. The lowest BCUT2D eigenvalue weighted by atomic mass is 9.93. The van der Waals surface area contributed by atoms with Crippen LogP contribution in [0.3, 0.4) is 0 Å². The Morgan fingerprint density at radius 3 is 0.520 bits per heavy atom. The minimum atomic E-state index is -3.45. The fourth-order valence-electron chi connectivity index (χ4n) is 17.1. The molecule has 21 heterocycles.